The second-order valence-corrected chi connectivity index (χ2v) is 11.5. The molecule has 212 valence electrons. The molecule has 0 aliphatic carbocycles. The number of fused-ring (bicyclic) bond motifs is 1. The van der Waals surface area contributed by atoms with E-state index in [1.807, 2.05) is 0 Å². The van der Waals surface area contributed by atoms with Crippen molar-refractivity contribution in [3.8, 4) is 5.75 Å². The van der Waals surface area contributed by atoms with Crippen molar-refractivity contribution in [1.29, 1.82) is 0 Å². The van der Waals surface area contributed by atoms with Gasteiger partial charge >= 0.3 is 10.1 Å². The van der Waals surface area contributed by atoms with Crippen molar-refractivity contribution in [2.24, 2.45) is 5.92 Å². The van der Waals surface area contributed by atoms with Crippen LogP contribution in [0.5, 0.6) is 5.75 Å². The van der Waals surface area contributed by atoms with Crippen LogP contribution >= 0.6 is 11.6 Å². The Morgan fingerprint density at radius 2 is 1.52 bits per heavy atom. The summed E-state index contributed by atoms with van der Waals surface area (Å²) in [6.07, 6.45) is -1.22. The highest BCUT2D eigenvalue weighted by atomic mass is 35.5. The van der Waals surface area contributed by atoms with Crippen LogP contribution in [0, 0.1) is 16.0 Å². The number of anilines is 2. The standard InChI is InChI=1S/C29H20ClN3O8S/c30-19-11-13-20(14-12-19)31-28(34)25-26(32(40-27(25)29(31)35)21-5-4-6-22(17-21)33(36)37)18-9-15-23(16-10-18)41-42(38,39)24-7-2-1-3-8-24/h1-17,25-27H/t25-,26+,27+/m0/s1. The fourth-order valence-corrected chi connectivity index (χ4v) is 6.13. The van der Waals surface area contributed by atoms with Crippen molar-refractivity contribution in [2.45, 2.75) is 17.0 Å². The molecule has 13 heteroatoms. The van der Waals surface area contributed by atoms with Gasteiger partial charge in [-0.3, -0.25) is 24.5 Å². The van der Waals surface area contributed by atoms with E-state index in [0.29, 0.717) is 16.3 Å². The fourth-order valence-electron chi connectivity index (χ4n) is 5.05. The monoisotopic (exact) mass is 605 g/mol. The predicted octanol–water partition coefficient (Wildman–Crippen LogP) is 5.07. The summed E-state index contributed by atoms with van der Waals surface area (Å²) in [5.74, 6) is -2.12. The molecule has 42 heavy (non-hydrogen) atoms. The summed E-state index contributed by atoms with van der Waals surface area (Å²) in [5, 5.41) is 13.2. The molecule has 4 aromatic carbocycles. The lowest BCUT2D eigenvalue weighted by Crippen LogP contribution is -2.37. The Morgan fingerprint density at radius 3 is 2.19 bits per heavy atom. The smallest absolute Gasteiger partial charge is 0.339 e. The molecule has 2 aliphatic rings. The van der Waals surface area contributed by atoms with Crippen LogP contribution in [0.3, 0.4) is 0 Å². The lowest BCUT2D eigenvalue weighted by Gasteiger charge is -2.28. The number of benzene rings is 4. The van der Waals surface area contributed by atoms with Crippen LogP contribution in [0.4, 0.5) is 17.1 Å². The first-order chi connectivity index (χ1) is 20.1. The Hall–Kier alpha value is -4.78. The number of amides is 2. The van der Waals surface area contributed by atoms with Gasteiger partial charge in [-0.25, -0.2) is 9.96 Å². The number of carbonyl (C=O) groups is 2. The van der Waals surface area contributed by atoms with Crippen molar-refractivity contribution in [3.63, 3.8) is 0 Å². The largest absolute Gasteiger partial charge is 0.379 e. The summed E-state index contributed by atoms with van der Waals surface area (Å²) in [6, 6.07) is 24.5. The Kier molecular flexibility index (Phi) is 6.89. The zero-order chi connectivity index (χ0) is 29.6. The van der Waals surface area contributed by atoms with E-state index in [-0.39, 0.29) is 22.0 Å². The molecule has 2 heterocycles. The number of imide groups is 1. The van der Waals surface area contributed by atoms with Crippen LogP contribution in [-0.2, 0) is 24.5 Å². The van der Waals surface area contributed by atoms with E-state index < -0.39 is 44.9 Å². The number of hydrogen-bond donors (Lipinski definition) is 0. The third-order valence-corrected chi connectivity index (χ3v) is 8.47. The average Bonchev–Trinajstić information content (AvgIpc) is 3.50. The summed E-state index contributed by atoms with van der Waals surface area (Å²) in [4.78, 5) is 45.2. The summed E-state index contributed by atoms with van der Waals surface area (Å²) in [7, 11) is -4.10. The predicted molar refractivity (Wildman–Crippen MR) is 151 cm³/mol. The van der Waals surface area contributed by atoms with E-state index in [4.69, 9.17) is 20.6 Å². The fraction of sp³-hybridized carbons (Fsp3) is 0.103. The topological polar surface area (TPSA) is 136 Å². The summed E-state index contributed by atoms with van der Waals surface area (Å²) in [6.45, 7) is 0. The first-order valence-electron chi connectivity index (χ1n) is 12.6. The zero-order valence-electron chi connectivity index (χ0n) is 21.4. The number of non-ortho nitro benzene ring substituents is 1. The number of hydrogen-bond acceptors (Lipinski definition) is 9. The van der Waals surface area contributed by atoms with E-state index in [9.17, 15) is 28.1 Å². The van der Waals surface area contributed by atoms with Crippen LogP contribution in [-0.4, -0.2) is 31.3 Å². The van der Waals surface area contributed by atoms with E-state index >= 15 is 0 Å². The molecule has 4 aromatic rings. The minimum Gasteiger partial charge on any atom is -0.379 e. The van der Waals surface area contributed by atoms with Crippen molar-refractivity contribution in [1.82, 2.24) is 0 Å². The van der Waals surface area contributed by atoms with Gasteiger partial charge in [-0.05, 0) is 60.2 Å². The van der Waals surface area contributed by atoms with Gasteiger partial charge in [0.15, 0.2) is 6.10 Å². The molecule has 2 amide bonds. The average molecular weight is 606 g/mol. The molecule has 2 fully saturated rings. The molecule has 0 aromatic heterocycles. The number of hydroxylamine groups is 1. The third-order valence-electron chi connectivity index (χ3n) is 6.95. The molecule has 11 nitrogen and oxygen atoms in total. The van der Waals surface area contributed by atoms with Gasteiger partial charge in [0.1, 0.15) is 16.6 Å². The molecule has 0 unspecified atom stereocenters. The Labute approximate surface area is 244 Å². The van der Waals surface area contributed by atoms with Gasteiger partial charge in [0, 0.05) is 17.2 Å². The Balaban J connectivity index is 1.37. The van der Waals surface area contributed by atoms with Crippen LogP contribution in [0.25, 0.3) is 0 Å². The van der Waals surface area contributed by atoms with E-state index in [2.05, 4.69) is 0 Å². The highest BCUT2D eigenvalue weighted by molar-refractivity contribution is 7.87. The minimum absolute atomic E-state index is 0.0182. The third kappa shape index (κ3) is 4.85. The summed E-state index contributed by atoms with van der Waals surface area (Å²) < 4.78 is 30.7. The molecule has 0 bridgehead atoms. The molecule has 0 saturated carbocycles. The molecule has 2 saturated heterocycles. The van der Waals surface area contributed by atoms with Crippen molar-refractivity contribution in [3.05, 3.63) is 124 Å². The second kappa shape index (κ2) is 10.6. The van der Waals surface area contributed by atoms with Gasteiger partial charge in [-0.1, -0.05) is 48.0 Å². The van der Waals surface area contributed by atoms with Crippen LogP contribution < -0.4 is 14.1 Å². The molecule has 0 N–H and O–H groups in total. The van der Waals surface area contributed by atoms with Gasteiger partial charge in [0.2, 0.25) is 5.91 Å². The first-order valence-corrected chi connectivity index (χ1v) is 14.4. The highest BCUT2D eigenvalue weighted by Crippen LogP contribution is 2.48. The summed E-state index contributed by atoms with van der Waals surface area (Å²) >= 11 is 5.98. The molecule has 0 radical (unpaired) electrons. The van der Waals surface area contributed by atoms with Gasteiger partial charge < -0.3 is 4.18 Å². The lowest BCUT2D eigenvalue weighted by atomic mass is 9.90. The lowest BCUT2D eigenvalue weighted by molar-refractivity contribution is -0.384. The van der Waals surface area contributed by atoms with Crippen LogP contribution in [0.1, 0.15) is 11.6 Å². The molecular weight excluding hydrogens is 586 g/mol. The van der Waals surface area contributed by atoms with E-state index in [0.717, 1.165) is 4.90 Å². The number of nitrogens with zero attached hydrogens (tertiary/aromatic N) is 3. The molecule has 6 rings (SSSR count). The maximum Gasteiger partial charge on any atom is 0.339 e. The quantitative estimate of drug-likeness (QED) is 0.122. The van der Waals surface area contributed by atoms with E-state index in [1.54, 1.807) is 60.7 Å². The maximum atomic E-state index is 13.8. The molecular formula is C29H20ClN3O8S. The zero-order valence-corrected chi connectivity index (χ0v) is 23.0. The molecule has 3 atom stereocenters. The van der Waals surface area contributed by atoms with Crippen molar-refractivity contribution >= 4 is 50.6 Å². The van der Waals surface area contributed by atoms with Gasteiger partial charge in [0.25, 0.3) is 11.6 Å². The maximum absolute atomic E-state index is 13.8. The Bertz CT molecular complexity index is 1800. The normalized spacial score (nSPS) is 20.1. The highest BCUT2D eigenvalue weighted by Gasteiger charge is 2.60. The number of rotatable bonds is 7. The second-order valence-electron chi connectivity index (χ2n) is 9.51. The Morgan fingerprint density at radius 1 is 0.833 bits per heavy atom. The minimum atomic E-state index is -4.10. The SMILES string of the molecule is O=C1[C@H]2[C@@H](c3ccc(OS(=O)(=O)c4ccccc4)cc3)N(c3cccc([N+](=O)[O-])c3)O[C@H]2C(=O)N1c1ccc(Cl)cc1. The number of halogens is 1. The molecule has 2 aliphatic heterocycles. The number of carbonyl (C=O) groups excluding carboxylic acids is 2. The number of nitro benzene ring substituents is 1. The molecule has 0 spiro atoms. The summed E-state index contributed by atoms with van der Waals surface area (Å²) in [5.41, 5.74) is 0.858. The van der Waals surface area contributed by atoms with E-state index in [1.165, 1.54) is 47.5 Å². The van der Waals surface area contributed by atoms with Crippen LogP contribution in [0.15, 0.2) is 108 Å². The van der Waals surface area contributed by atoms with Crippen molar-refractivity contribution in [2.75, 3.05) is 9.96 Å². The number of nitro groups is 1. The van der Waals surface area contributed by atoms with Crippen LogP contribution in [0.2, 0.25) is 5.02 Å². The van der Waals surface area contributed by atoms with Crippen molar-refractivity contribution < 1.29 is 32.0 Å². The first kappa shape index (κ1) is 27.4. The van der Waals surface area contributed by atoms with Gasteiger partial charge in [-0.15, -0.1) is 0 Å². The van der Waals surface area contributed by atoms with Gasteiger partial charge in [-0.2, -0.15) is 8.42 Å². The van der Waals surface area contributed by atoms with Gasteiger partial charge in [0.05, 0.1) is 22.3 Å².